The fourth-order valence-corrected chi connectivity index (χ4v) is 2.87. The molecular formula is C21H21F3N6O2. The summed E-state index contributed by atoms with van der Waals surface area (Å²) in [6, 6.07) is 11.6. The highest BCUT2D eigenvalue weighted by molar-refractivity contribution is 5.83. The van der Waals surface area contributed by atoms with Crippen LogP contribution in [0.3, 0.4) is 0 Å². The maximum absolute atomic E-state index is 13.3. The number of carbonyl (C=O) groups excluding carboxylic acids is 1. The van der Waals surface area contributed by atoms with Crippen LogP contribution in [0.2, 0.25) is 0 Å². The Hall–Kier alpha value is -3.73. The molecule has 2 heterocycles. The van der Waals surface area contributed by atoms with E-state index in [2.05, 4.69) is 25.6 Å². The Bertz CT molecular complexity index is 1060. The van der Waals surface area contributed by atoms with Gasteiger partial charge in [-0.3, -0.25) is 9.78 Å². The van der Waals surface area contributed by atoms with E-state index in [0.29, 0.717) is 6.20 Å². The molecule has 0 radical (unpaired) electrons. The molecule has 5 N–H and O–H groups in total. The molecule has 8 nitrogen and oxygen atoms in total. The summed E-state index contributed by atoms with van der Waals surface area (Å²) < 4.78 is 40.0. The first kappa shape index (κ1) is 22.9. The van der Waals surface area contributed by atoms with Crippen molar-refractivity contribution in [3.05, 3.63) is 66.0 Å². The lowest BCUT2D eigenvalue weighted by Crippen LogP contribution is -2.44. The van der Waals surface area contributed by atoms with Crippen molar-refractivity contribution in [3.8, 4) is 11.3 Å². The number of halogens is 3. The molecule has 168 valence electrons. The van der Waals surface area contributed by atoms with E-state index < -0.39 is 35.6 Å². The van der Waals surface area contributed by atoms with Crippen molar-refractivity contribution in [3.63, 3.8) is 0 Å². The van der Waals surface area contributed by atoms with Gasteiger partial charge in [-0.05, 0) is 24.6 Å². The number of aliphatic hydroxyl groups is 1. The maximum atomic E-state index is 13.3. The predicted molar refractivity (Wildman–Crippen MR) is 112 cm³/mol. The normalized spacial score (nSPS) is 13.3. The molecule has 3 aromatic rings. The highest BCUT2D eigenvalue weighted by Gasteiger charge is 2.36. The molecule has 0 spiro atoms. The summed E-state index contributed by atoms with van der Waals surface area (Å²) in [6.07, 6.45) is -3.82. The van der Waals surface area contributed by atoms with E-state index in [1.807, 2.05) is 42.5 Å². The van der Waals surface area contributed by atoms with Gasteiger partial charge in [0.05, 0.1) is 11.8 Å². The summed E-state index contributed by atoms with van der Waals surface area (Å²) in [6.45, 7) is 1.47. The van der Waals surface area contributed by atoms with Gasteiger partial charge in [-0.25, -0.2) is 4.98 Å². The molecule has 0 bridgehead atoms. The van der Waals surface area contributed by atoms with Crippen molar-refractivity contribution in [2.75, 3.05) is 10.6 Å². The number of nitrogens with one attached hydrogen (secondary N) is 2. The highest BCUT2D eigenvalue weighted by atomic mass is 19.4. The standard InChI is InChI=1S/C21H21F3N6O2/c1-12(31)17(18(25)32)29-19-15(21(22,23)24)11-28-20(30-19)27-10-13-5-7-14(8-6-13)16-4-2-3-9-26-16/h2-9,11-12,17,31H,10H2,1H3,(H2,25,32)(H2,27,28,29,30)/t12-,17-/m1/s1. The van der Waals surface area contributed by atoms with E-state index in [9.17, 15) is 23.1 Å². The SMILES string of the molecule is C[C@@H](O)[C@@H](Nc1nc(NCc2ccc(-c3ccccn3)cc2)ncc1C(F)(F)F)C(N)=O. The molecule has 0 fully saturated rings. The number of benzene rings is 1. The number of hydrogen-bond acceptors (Lipinski definition) is 7. The molecule has 3 rings (SSSR count). The number of nitrogens with zero attached hydrogens (tertiary/aromatic N) is 3. The average Bonchev–Trinajstić information content (AvgIpc) is 2.76. The Labute approximate surface area is 181 Å². The van der Waals surface area contributed by atoms with Crippen LogP contribution < -0.4 is 16.4 Å². The average molecular weight is 446 g/mol. The monoisotopic (exact) mass is 446 g/mol. The lowest BCUT2D eigenvalue weighted by atomic mass is 10.1. The lowest BCUT2D eigenvalue weighted by molar-refractivity contribution is -0.137. The molecule has 2 aromatic heterocycles. The zero-order chi connectivity index (χ0) is 23.3. The smallest absolute Gasteiger partial charge is 0.391 e. The van der Waals surface area contributed by atoms with Gasteiger partial charge in [-0.15, -0.1) is 0 Å². The number of alkyl halides is 3. The molecule has 0 saturated carbocycles. The molecule has 0 aliphatic heterocycles. The molecule has 0 aliphatic carbocycles. The minimum atomic E-state index is -4.77. The van der Waals surface area contributed by atoms with Gasteiger partial charge >= 0.3 is 6.18 Å². The molecule has 0 unspecified atom stereocenters. The maximum Gasteiger partial charge on any atom is 0.421 e. The topological polar surface area (TPSA) is 126 Å². The Morgan fingerprint density at radius 1 is 1.16 bits per heavy atom. The third kappa shape index (κ3) is 5.70. The third-order valence-electron chi connectivity index (χ3n) is 4.54. The zero-order valence-electron chi connectivity index (χ0n) is 17.0. The van der Waals surface area contributed by atoms with Crippen molar-refractivity contribution in [1.82, 2.24) is 15.0 Å². The summed E-state index contributed by atoms with van der Waals surface area (Å²) in [4.78, 5) is 23.3. The van der Waals surface area contributed by atoms with E-state index in [4.69, 9.17) is 5.73 Å². The summed E-state index contributed by atoms with van der Waals surface area (Å²) in [7, 11) is 0. The minimum absolute atomic E-state index is 0.0943. The summed E-state index contributed by atoms with van der Waals surface area (Å²) in [5.41, 5.74) is 6.55. The number of anilines is 2. The molecule has 11 heteroatoms. The van der Waals surface area contributed by atoms with Gasteiger partial charge in [0.25, 0.3) is 0 Å². The number of rotatable bonds is 8. The second-order valence-corrected chi connectivity index (χ2v) is 6.98. The molecule has 32 heavy (non-hydrogen) atoms. The molecule has 1 aromatic carbocycles. The second kappa shape index (κ2) is 9.60. The van der Waals surface area contributed by atoms with Crippen molar-refractivity contribution in [2.45, 2.75) is 31.8 Å². The second-order valence-electron chi connectivity index (χ2n) is 6.98. The van der Waals surface area contributed by atoms with Gasteiger partial charge in [-0.1, -0.05) is 30.3 Å². The van der Waals surface area contributed by atoms with Crippen molar-refractivity contribution in [2.24, 2.45) is 5.73 Å². The lowest BCUT2D eigenvalue weighted by Gasteiger charge is -2.21. The Morgan fingerprint density at radius 3 is 2.44 bits per heavy atom. The highest BCUT2D eigenvalue weighted by Crippen LogP contribution is 2.34. The minimum Gasteiger partial charge on any atom is -0.391 e. The van der Waals surface area contributed by atoms with Crippen LogP contribution in [0.25, 0.3) is 11.3 Å². The van der Waals surface area contributed by atoms with Crippen LogP contribution in [0.15, 0.2) is 54.9 Å². The van der Waals surface area contributed by atoms with Gasteiger partial charge in [-0.2, -0.15) is 18.2 Å². The Balaban J connectivity index is 1.77. The van der Waals surface area contributed by atoms with Crippen molar-refractivity contribution >= 4 is 17.7 Å². The van der Waals surface area contributed by atoms with Crippen LogP contribution in [0.1, 0.15) is 18.1 Å². The molecule has 1 amide bonds. The van der Waals surface area contributed by atoms with Gasteiger partial charge in [0.1, 0.15) is 17.4 Å². The largest absolute Gasteiger partial charge is 0.421 e. The first-order chi connectivity index (χ1) is 15.1. The third-order valence-corrected chi connectivity index (χ3v) is 4.54. The number of aliphatic hydroxyl groups excluding tert-OH is 1. The Morgan fingerprint density at radius 2 is 1.88 bits per heavy atom. The van der Waals surface area contributed by atoms with Crippen LogP contribution in [0.4, 0.5) is 24.9 Å². The van der Waals surface area contributed by atoms with E-state index in [0.717, 1.165) is 16.8 Å². The fourth-order valence-electron chi connectivity index (χ4n) is 2.87. The number of carbonyl (C=O) groups is 1. The molecular weight excluding hydrogens is 425 g/mol. The van der Waals surface area contributed by atoms with Crippen molar-refractivity contribution < 1.29 is 23.1 Å². The molecule has 0 saturated heterocycles. The van der Waals surface area contributed by atoms with Crippen LogP contribution in [-0.2, 0) is 17.5 Å². The number of hydrogen-bond donors (Lipinski definition) is 4. The van der Waals surface area contributed by atoms with Crippen LogP contribution in [0.5, 0.6) is 0 Å². The number of pyridine rings is 1. The van der Waals surface area contributed by atoms with E-state index in [1.165, 1.54) is 6.92 Å². The van der Waals surface area contributed by atoms with Gasteiger partial charge < -0.3 is 21.5 Å². The van der Waals surface area contributed by atoms with Gasteiger partial charge in [0.2, 0.25) is 11.9 Å². The summed E-state index contributed by atoms with van der Waals surface area (Å²) in [5.74, 6) is -1.78. The number of primary amides is 1. The Kier molecular flexibility index (Phi) is 6.89. The number of amides is 1. The first-order valence-corrected chi connectivity index (χ1v) is 9.57. The summed E-state index contributed by atoms with van der Waals surface area (Å²) in [5, 5.41) is 14.8. The first-order valence-electron chi connectivity index (χ1n) is 9.57. The van der Waals surface area contributed by atoms with Crippen LogP contribution in [-0.4, -0.2) is 38.1 Å². The predicted octanol–water partition coefficient (Wildman–Crippen LogP) is 2.82. The van der Waals surface area contributed by atoms with Crippen LogP contribution in [0, 0.1) is 0 Å². The molecule has 0 aliphatic rings. The van der Waals surface area contributed by atoms with Gasteiger partial charge in [0, 0.05) is 24.5 Å². The van der Waals surface area contributed by atoms with E-state index in [1.54, 1.807) is 6.20 Å². The summed E-state index contributed by atoms with van der Waals surface area (Å²) >= 11 is 0. The van der Waals surface area contributed by atoms with Gasteiger partial charge in [0.15, 0.2) is 0 Å². The number of aromatic nitrogens is 3. The fraction of sp³-hybridized carbons (Fsp3) is 0.238. The zero-order valence-corrected chi connectivity index (χ0v) is 17.0. The van der Waals surface area contributed by atoms with E-state index >= 15 is 0 Å². The molecule has 2 atom stereocenters. The quantitative estimate of drug-likeness (QED) is 0.419. The van der Waals surface area contributed by atoms with E-state index in [-0.39, 0.29) is 12.5 Å². The van der Waals surface area contributed by atoms with Crippen LogP contribution >= 0.6 is 0 Å². The van der Waals surface area contributed by atoms with Crippen molar-refractivity contribution in [1.29, 1.82) is 0 Å². The number of nitrogens with two attached hydrogens (primary N) is 1.